The number of hydrogen-bond acceptors (Lipinski definition) is 15. The number of rotatable bonds is 22. The normalized spacial score (nSPS) is 11.3. The van der Waals surface area contributed by atoms with Crippen LogP contribution in [0.5, 0.6) is 23.0 Å². The van der Waals surface area contributed by atoms with Gasteiger partial charge in [-0.2, -0.15) is 0 Å². The van der Waals surface area contributed by atoms with Crippen LogP contribution < -0.4 is 45.1 Å². The van der Waals surface area contributed by atoms with Crippen molar-refractivity contribution in [2.75, 3.05) is 110 Å². The van der Waals surface area contributed by atoms with Crippen molar-refractivity contribution in [2.24, 2.45) is 0 Å². The number of ether oxygens (including phenoxy) is 5. The third-order valence-electron chi connectivity index (χ3n) is 12.2. The van der Waals surface area contributed by atoms with E-state index in [0.29, 0.717) is 76.7 Å². The van der Waals surface area contributed by atoms with Gasteiger partial charge in [-0.25, -0.2) is 24.7 Å². The van der Waals surface area contributed by atoms with Crippen molar-refractivity contribution in [3.63, 3.8) is 0 Å². The number of halogens is 4. The van der Waals surface area contributed by atoms with Crippen LogP contribution in [-0.4, -0.2) is 134 Å². The molecule has 0 fully saturated rings. The highest BCUT2D eigenvalue weighted by molar-refractivity contribution is 6.76. The van der Waals surface area contributed by atoms with Crippen molar-refractivity contribution < 1.29 is 33.3 Å². The van der Waals surface area contributed by atoms with Crippen LogP contribution in [0, 0.1) is 0 Å². The molecule has 3 amide bonds. The topological polar surface area (TPSA) is 200 Å². The fraction of sp³-hybridized carbons (Fsp3) is 0.382. The Bertz CT molecular complexity index is 2980. The maximum absolute atomic E-state index is 14.1. The van der Waals surface area contributed by atoms with Crippen molar-refractivity contribution in [1.82, 2.24) is 29.7 Å². The van der Waals surface area contributed by atoms with E-state index < -0.39 is 14.1 Å². The van der Waals surface area contributed by atoms with E-state index >= 15 is 0 Å². The summed E-state index contributed by atoms with van der Waals surface area (Å²) in [6.07, 6.45) is 3.77. The Morgan fingerprint density at radius 1 is 0.577 bits per heavy atom. The first-order valence-electron chi connectivity index (χ1n) is 24.6. The average Bonchev–Trinajstić information content (AvgIpc) is 3.43. The summed E-state index contributed by atoms with van der Waals surface area (Å²) in [4.78, 5) is 53.0. The van der Waals surface area contributed by atoms with Gasteiger partial charge in [0.2, 0.25) is 5.91 Å². The fourth-order valence-corrected chi connectivity index (χ4v) is 9.98. The van der Waals surface area contributed by atoms with Gasteiger partial charge in [0.05, 0.1) is 62.0 Å². The first-order chi connectivity index (χ1) is 36.9. The van der Waals surface area contributed by atoms with Crippen molar-refractivity contribution in [2.45, 2.75) is 58.0 Å². The summed E-state index contributed by atoms with van der Waals surface area (Å²) in [7, 11) is 15.8. The number of amides is 3. The highest BCUT2D eigenvalue weighted by Gasteiger charge is 2.30. The molecule has 78 heavy (non-hydrogen) atoms. The maximum Gasteiger partial charge on any atom is 0.331 e. The van der Waals surface area contributed by atoms with Gasteiger partial charge in [-0.3, -0.25) is 19.5 Å². The summed E-state index contributed by atoms with van der Waals surface area (Å²) in [5.41, 5.74) is 20.2. The van der Waals surface area contributed by atoms with E-state index in [1.54, 1.807) is 38.4 Å². The number of nitrogens with zero attached hydrogens (tertiary/aromatic N) is 9. The summed E-state index contributed by atoms with van der Waals surface area (Å²) in [5, 5.41) is 0.828. The lowest BCUT2D eigenvalue weighted by Gasteiger charge is -2.30. The number of carbonyl (C=O) groups excluding carboxylic acids is 2. The number of hydrogen-bond donors (Lipinski definition) is 2. The zero-order valence-electron chi connectivity index (χ0n) is 46.6. The Labute approximate surface area is 479 Å². The lowest BCUT2D eigenvalue weighted by atomic mass is 10.0. The van der Waals surface area contributed by atoms with Crippen molar-refractivity contribution in [3.05, 3.63) is 133 Å². The molecule has 4 N–H and O–H groups in total. The van der Waals surface area contributed by atoms with E-state index in [1.807, 2.05) is 52.5 Å². The van der Waals surface area contributed by atoms with Gasteiger partial charge in [-0.15, -0.1) is 0 Å². The largest absolute Gasteiger partial charge is 0.495 e. The SMILES string of the molecule is COc1cc(OC)c(Cl)c(CC(=O)N(C)c2cc(Cc3ccc(CN(C)C)cc3N)ncn2)c1Cl.COc1cc(OC)c(Cl)c(N(COCC[Si](C)(C)C)C(=O)N(C)c2cc(Cc3ccc(CN(C)C)cc3N)ncn2)c1Cl. The predicted molar refractivity (Wildman–Crippen MR) is 318 cm³/mol. The second-order valence-corrected chi connectivity index (χ2v) is 27.2. The Kier molecular flexibility index (Phi) is 23.0. The van der Waals surface area contributed by atoms with Gasteiger partial charge in [0.15, 0.2) is 0 Å². The molecular formula is C55H71Cl4N11O7Si. The number of aromatic nitrogens is 4. The first kappa shape index (κ1) is 62.7. The molecule has 0 aliphatic heterocycles. The number of urea groups is 1. The molecule has 4 aromatic carbocycles. The molecule has 0 saturated heterocycles. The van der Waals surface area contributed by atoms with Gasteiger partial charge < -0.3 is 45.0 Å². The average molecular weight is 1170 g/mol. The van der Waals surface area contributed by atoms with Crippen LogP contribution in [0.1, 0.15) is 39.2 Å². The zero-order chi connectivity index (χ0) is 57.6. The molecule has 18 nitrogen and oxygen atoms in total. The number of benzene rings is 4. The minimum absolute atomic E-state index is 0.0681. The molecule has 0 atom stereocenters. The fourth-order valence-electron chi connectivity index (χ4n) is 7.89. The van der Waals surface area contributed by atoms with E-state index in [1.165, 1.54) is 55.8 Å². The molecule has 2 aromatic heterocycles. The molecule has 0 saturated carbocycles. The van der Waals surface area contributed by atoms with E-state index in [0.717, 1.165) is 47.1 Å². The van der Waals surface area contributed by atoms with E-state index in [2.05, 4.69) is 61.5 Å². The quantitative estimate of drug-likeness (QED) is 0.0281. The third-order valence-corrected chi connectivity index (χ3v) is 15.5. The molecule has 6 rings (SSSR count). The molecule has 0 bridgehead atoms. The standard InChI is InChI=1S/C30H42Cl2N6O4Si.C25H29Cl2N5O3/c1-36(2)17-20-9-10-21(23(33)13-20)14-22-15-26(35-18-34-22)37(3)30(39)38(19-42-11-12-43(6,7)8)29-27(31)24(40-4)16-25(41-5)28(29)32;1-31(2)13-15-6-7-16(19(28)8-15)9-17-10-22(30-14-29-17)32(3)23(33)11-18-24(26)20(34-4)12-21(35-5)25(18)27/h9-10,13,15-16,18H,11-12,14,17,19,33H2,1-8H3;6-8,10,12,14H,9,11,13,28H2,1-5H3. The Balaban J connectivity index is 0.000000293. The lowest BCUT2D eigenvalue weighted by molar-refractivity contribution is -0.117. The van der Waals surface area contributed by atoms with Crippen LogP contribution in [0.25, 0.3) is 0 Å². The Morgan fingerprint density at radius 3 is 1.40 bits per heavy atom. The minimum Gasteiger partial charge on any atom is -0.495 e. The number of anilines is 5. The van der Waals surface area contributed by atoms with Crippen molar-refractivity contribution in [3.8, 4) is 23.0 Å². The van der Waals surface area contributed by atoms with Gasteiger partial charge in [0, 0.05) is 95.9 Å². The molecule has 0 unspecified atom stereocenters. The summed E-state index contributed by atoms with van der Waals surface area (Å²) < 4.78 is 27.5. The maximum atomic E-state index is 14.1. The molecule has 0 aliphatic rings. The second-order valence-electron chi connectivity index (χ2n) is 20.0. The van der Waals surface area contributed by atoms with Gasteiger partial charge in [-0.1, -0.05) is 90.3 Å². The number of carbonyl (C=O) groups is 2. The van der Waals surface area contributed by atoms with Crippen LogP contribution in [0.15, 0.2) is 73.3 Å². The lowest BCUT2D eigenvalue weighted by Crippen LogP contribution is -2.43. The van der Waals surface area contributed by atoms with Crippen LogP contribution in [0.3, 0.4) is 0 Å². The van der Waals surface area contributed by atoms with Crippen molar-refractivity contribution in [1.29, 1.82) is 0 Å². The van der Waals surface area contributed by atoms with Crippen LogP contribution in [0.4, 0.5) is 33.5 Å². The molecule has 0 aliphatic carbocycles. The van der Waals surface area contributed by atoms with Gasteiger partial charge in [0.25, 0.3) is 0 Å². The summed E-state index contributed by atoms with van der Waals surface area (Å²) >= 11 is 26.3. The summed E-state index contributed by atoms with van der Waals surface area (Å²) in [6, 6.07) is 19.2. The predicted octanol–water partition coefficient (Wildman–Crippen LogP) is 10.7. The monoisotopic (exact) mass is 1170 g/mol. The highest BCUT2D eigenvalue weighted by Crippen LogP contribution is 2.47. The molecule has 23 heteroatoms. The first-order valence-corrected chi connectivity index (χ1v) is 29.9. The molecule has 2 heterocycles. The number of nitrogen functional groups attached to an aromatic ring is 2. The molecule has 0 radical (unpaired) electrons. The Morgan fingerprint density at radius 2 is 1.00 bits per heavy atom. The van der Waals surface area contributed by atoms with Gasteiger partial charge in [0.1, 0.15) is 64.1 Å². The summed E-state index contributed by atoms with van der Waals surface area (Å²) in [5.74, 6) is 1.92. The number of nitrogens with two attached hydrogens (primary N) is 2. The van der Waals surface area contributed by atoms with Gasteiger partial charge >= 0.3 is 6.03 Å². The van der Waals surface area contributed by atoms with Crippen LogP contribution in [-0.2, 0) is 41.9 Å². The molecular weight excluding hydrogens is 1100 g/mol. The molecule has 0 spiro atoms. The molecule has 6 aromatic rings. The summed E-state index contributed by atoms with van der Waals surface area (Å²) in [6.45, 7) is 8.75. The Hall–Kier alpha value is -6.16. The van der Waals surface area contributed by atoms with E-state index in [-0.39, 0.29) is 44.8 Å². The van der Waals surface area contributed by atoms with Crippen molar-refractivity contribution >= 4 is 95.1 Å². The van der Waals surface area contributed by atoms with E-state index in [9.17, 15) is 9.59 Å². The van der Waals surface area contributed by atoms with Gasteiger partial charge in [-0.05, 0) is 68.6 Å². The third kappa shape index (κ3) is 16.9. The number of methoxy groups -OCH3 is 4. The highest BCUT2D eigenvalue weighted by atomic mass is 35.5. The molecule has 420 valence electrons. The second kappa shape index (κ2) is 28.6. The van der Waals surface area contributed by atoms with Crippen LogP contribution in [0.2, 0.25) is 45.8 Å². The number of likely N-dealkylation sites (N-methyl/N-ethyl adjacent to an activating group) is 1. The minimum atomic E-state index is -1.37. The zero-order valence-corrected chi connectivity index (χ0v) is 50.7. The smallest absolute Gasteiger partial charge is 0.331 e. The van der Waals surface area contributed by atoms with Crippen LogP contribution >= 0.6 is 46.4 Å². The van der Waals surface area contributed by atoms with E-state index in [4.69, 9.17) is 81.6 Å².